The van der Waals surface area contributed by atoms with Crippen molar-refractivity contribution in [2.45, 2.75) is 6.61 Å². The monoisotopic (exact) mass is 317 g/mol. The zero-order chi connectivity index (χ0) is 13.8. The Kier molecular flexibility index (Phi) is 4.57. The number of hydrogen-bond acceptors (Lipinski definition) is 4. The zero-order valence-corrected chi connectivity index (χ0v) is 11.9. The quantitative estimate of drug-likeness (QED) is 0.673. The Labute approximate surface area is 125 Å². The maximum absolute atomic E-state index is 11.6. The van der Waals surface area contributed by atoms with Crippen molar-refractivity contribution in [3.05, 3.63) is 46.6 Å². The first-order valence-corrected chi connectivity index (χ1v) is 6.33. The summed E-state index contributed by atoms with van der Waals surface area (Å²) in [7, 11) is 0. The Balaban J connectivity index is 2.21. The smallest absolute Gasteiger partial charge is 0.266 e. The Morgan fingerprint density at radius 1 is 1.47 bits per heavy atom. The number of amides is 1. The highest BCUT2D eigenvalue weighted by molar-refractivity contribution is 7.78. The minimum absolute atomic E-state index is 0.101. The molecular weight excluding hydrogens is 309 g/mol. The van der Waals surface area contributed by atoms with Crippen LogP contribution < -0.4 is 9.57 Å². The molecule has 0 radical (unpaired) electrons. The van der Waals surface area contributed by atoms with Gasteiger partial charge in [0.1, 0.15) is 6.61 Å². The van der Waals surface area contributed by atoms with Gasteiger partial charge in [0.15, 0.2) is 0 Å². The van der Waals surface area contributed by atoms with Crippen LogP contribution in [0.3, 0.4) is 0 Å². The molecular formula is C11H9Cl2N3O2S. The van der Waals surface area contributed by atoms with E-state index in [4.69, 9.17) is 28.1 Å². The summed E-state index contributed by atoms with van der Waals surface area (Å²) in [4.78, 5) is 13.7. The molecule has 1 aromatic carbocycles. The van der Waals surface area contributed by atoms with Gasteiger partial charge in [0.25, 0.3) is 5.91 Å². The van der Waals surface area contributed by atoms with Crippen molar-refractivity contribution in [2.24, 2.45) is 0 Å². The lowest BCUT2D eigenvalue weighted by Gasteiger charge is -2.10. The van der Waals surface area contributed by atoms with Crippen LogP contribution in [-0.4, -0.2) is 15.1 Å². The molecule has 1 aromatic heterocycles. The molecule has 0 aliphatic rings. The summed E-state index contributed by atoms with van der Waals surface area (Å²) in [5.41, 5.74) is 0.892. The highest BCUT2D eigenvalue weighted by atomic mass is 35.5. The van der Waals surface area contributed by atoms with Crippen LogP contribution in [0.25, 0.3) is 0 Å². The lowest BCUT2D eigenvalue weighted by Crippen LogP contribution is -2.16. The maximum Gasteiger partial charge on any atom is 0.266 e. The molecule has 100 valence electrons. The molecule has 2 rings (SSSR count). The van der Waals surface area contributed by atoms with Crippen LogP contribution in [0, 0.1) is 0 Å². The molecule has 0 saturated carbocycles. The van der Waals surface area contributed by atoms with Gasteiger partial charge in [0.2, 0.25) is 5.88 Å². The number of nitrogens with one attached hydrogen (secondary N) is 1. The third-order valence-electron chi connectivity index (χ3n) is 2.37. The SMILES string of the molecule is O=C(NCl)c1cccc(Cl)c1COc1ccn(S)n1. The predicted octanol–water partition coefficient (Wildman–Crippen LogP) is 2.69. The number of nitrogens with zero attached hydrogens (tertiary/aromatic N) is 2. The minimum Gasteiger partial charge on any atom is -0.472 e. The number of halogens is 2. The summed E-state index contributed by atoms with van der Waals surface area (Å²) >= 11 is 15.4. The van der Waals surface area contributed by atoms with Crippen molar-refractivity contribution in [1.82, 2.24) is 14.0 Å². The van der Waals surface area contributed by atoms with E-state index in [1.807, 2.05) is 4.84 Å². The first kappa shape index (κ1) is 14.0. The molecule has 0 spiro atoms. The second-order valence-electron chi connectivity index (χ2n) is 3.55. The van der Waals surface area contributed by atoms with Gasteiger partial charge in [-0.25, -0.2) is 4.09 Å². The van der Waals surface area contributed by atoms with Gasteiger partial charge in [-0.2, -0.15) is 0 Å². The Morgan fingerprint density at radius 3 is 2.89 bits per heavy atom. The molecule has 8 heteroatoms. The lowest BCUT2D eigenvalue weighted by molar-refractivity contribution is 0.0979. The molecule has 0 fully saturated rings. The summed E-state index contributed by atoms with van der Waals surface area (Å²) < 4.78 is 6.75. The fourth-order valence-corrected chi connectivity index (χ4v) is 1.98. The molecule has 0 aliphatic heterocycles. The van der Waals surface area contributed by atoms with Crippen LogP contribution in [0.2, 0.25) is 5.02 Å². The van der Waals surface area contributed by atoms with E-state index < -0.39 is 5.91 Å². The maximum atomic E-state index is 11.6. The Morgan fingerprint density at radius 2 is 2.26 bits per heavy atom. The molecule has 0 aliphatic carbocycles. The van der Waals surface area contributed by atoms with Crippen molar-refractivity contribution >= 4 is 42.1 Å². The van der Waals surface area contributed by atoms with E-state index in [2.05, 4.69) is 17.9 Å². The zero-order valence-electron chi connectivity index (χ0n) is 9.51. The van der Waals surface area contributed by atoms with E-state index >= 15 is 0 Å². The van der Waals surface area contributed by atoms with Gasteiger partial charge in [0.05, 0.1) is 0 Å². The highest BCUT2D eigenvalue weighted by Crippen LogP contribution is 2.22. The lowest BCUT2D eigenvalue weighted by atomic mass is 10.1. The standard InChI is InChI=1S/C11H9Cl2N3O2S/c12-9-3-1-2-7(11(17)14-13)8(9)6-18-10-4-5-16(19)15-10/h1-5,19H,6H2,(H,14,17). The van der Waals surface area contributed by atoms with E-state index in [9.17, 15) is 4.79 Å². The Bertz CT molecular complexity index is 603. The van der Waals surface area contributed by atoms with Gasteiger partial charge in [-0.05, 0) is 24.9 Å². The predicted molar refractivity (Wildman–Crippen MR) is 75.7 cm³/mol. The average molecular weight is 318 g/mol. The van der Waals surface area contributed by atoms with Crippen LogP contribution in [-0.2, 0) is 6.61 Å². The van der Waals surface area contributed by atoms with E-state index in [1.54, 1.807) is 30.5 Å². The van der Waals surface area contributed by atoms with E-state index in [1.165, 1.54) is 4.09 Å². The van der Waals surface area contributed by atoms with Crippen LogP contribution in [0.15, 0.2) is 30.5 Å². The summed E-state index contributed by atoms with van der Waals surface area (Å²) in [6.45, 7) is 0.101. The molecule has 19 heavy (non-hydrogen) atoms. The summed E-state index contributed by atoms with van der Waals surface area (Å²) in [5, 5.41) is 4.36. The molecule has 2 aromatic rings. The third-order valence-corrected chi connectivity index (χ3v) is 3.11. The van der Waals surface area contributed by atoms with Gasteiger partial charge in [-0.1, -0.05) is 17.7 Å². The number of benzene rings is 1. The second-order valence-corrected chi connectivity index (χ2v) is 4.56. The molecule has 5 nitrogen and oxygen atoms in total. The molecule has 1 heterocycles. The molecule has 0 atom stereocenters. The van der Waals surface area contributed by atoms with Crippen molar-refractivity contribution in [3.63, 3.8) is 0 Å². The summed E-state index contributed by atoms with van der Waals surface area (Å²) in [6, 6.07) is 6.59. The molecule has 1 amide bonds. The second kappa shape index (κ2) is 6.18. The third kappa shape index (κ3) is 3.34. The van der Waals surface area contributed by atoms with Crippen molar-refractivity contribution < 1.29 is 9.53 Å². The fraction of sp³-hybridized carbons (Fsp3) is 0.0909. The first-order valence-electron chi connectivity index (χ1n) is 5.18. The normalized spacial score (nSPS) is 10.3. The first-order chi connectivity index (χ1) is 9.11. The molecule has 0 saturated heterocycles. The largest absolute Gasteiger partial charge is 0.472 e. The Hall–Kier alpha value is -1.37. The van der Waals surface area contributed by atoms with Gasteiger partial charge < -0.3 is 4.74 Å². The highest BCUT2D eigenvalue weighted by Gasteiger charge is 2.14. The van der Waals surface area contributed by atoms with E-state index in [0.717, 1.165) is 0 Å². The van der Waals surface area contributed by atoms with Crippen LogP contribution in [0.4, 0.5) is 0 Å². The van der Waals surface area contributed by atoms with E-state index in [0.29, 0.717) is 22.0 Å². The van der Waals surface area contributed by atoms with Gasteiger partial charge in [-0.3, -0.25) is 9.63 Å². The van der Waals surface area contributed by atoms with Crippen molar-refractivity contribution in [1.29, 1.82) is 0 Å². The summed E-state index contributed by atoms with van der Waals surface area (Å²) in [5.74, 6) is -0.0605. The average Bonchev–Trinajstić information content (AvgIpc) is 2.82. The number of rotatable bonds is 4. The van der Waals surface area contributed by atoms with Crippen molar-refractivity contribution in [3.8, 4) is 5.88 Å². The van der Waals surface area contributed by atoms with Gasteiger partial charge in [-0.15, -0.1) is 5.10 Å². The van der Waals surface area contributed by atoms with E-state index in [-0.39, 0.29) is 6.61 Å². The number of thiol groups is 1. The molecule has 1 N–H and O–H groups in total. The van der Waals surface area contributed by atoms with Gasteiger partial charge in [0, 0.05) is 40.2 Å². The summed E-state index contributed by atoms with van der Waals surface area (Å²) in [6.07, 6.45) is 1.62. The van der Waals surface area contributed by atoms with Crippen molar-refractivity contribution in [2.75, 3.05) is 0 Å². The number of ether oxygens (including phenoxy) is 1. The number of aromatic nitrogens is 2. The number of hydrogen-bond donors (Lipinski definition) is 2. The number of carbonyl (C=O) groups excluding carboxylic acids is 1. The van der Waals surface area contributed by atoms with Crippen LogP contribution in [0.1, 0.15) is 15.9 Å². The van der Waals surface area contributed by atoms with Crippen LogP contribution >= 0.6 is 36.2 Å². The number of carbonyl (C=O) groups is 1. The van der Waals surface area contributed by atoms with Gasteiger partial charge >= 0.3 is 0 Å². The topological polar surface area (TPSA) is 56.1 Å². The minimum atomic E-state index is -0.442. The fourth-order valence-electron chi connectivity index (χ4n) is 1.49. The molecule has 0 bridgehead atoms. The van der Waals surface area contributed by atoms with Crippen LogP contribution in [0.5, 0.6) is 5.88 Å². The molecule has 0 unspecified atom stereocenters.